The first-order valence-corrected chi connectivity index (χ1v) is 7.11. The van der Waals surface area contributed by atoms with Gasteiger partial charge in [-0.15, -0.1) is 0 Å². The van der Waals surface area contributed by atoms with E-state index in [4.69, 9.17) is 0 Å². The summed E-state index contributed by atoms with van der Waals surface area (Å²) in [5.41, 5.74) is 3.35. The van der Waals surface area contributed by atoms with Crippen molar-refractivity contribution >= 4 is 17.3 Å². The molecule has 1 aromatic heterocycles. The molecule has 0 saturated heterocycles. The van der Waals surface area contributed by atoms with Gasteiger partial charge in [0.25, 0.3) is 5.91 Å². The van der Waals surface area contributed by atoms with Crippen molar-refractivity contribution < 1.29 is 4.79 Å². The third-order valence-corrected chi connectivity index (χ3v) is 3.02. The average molecular weight is 283 g/mol. The van der Waals surface area contributed by atoms with E-state index in [2.05, 4.69) is 29.5 Å². The van der Waals surface area contributed by atoms with E-state index in [9.17, 15) is 4.79 Å². The van der Waals surface area contributed by atoms with Crippen LogP contribution in [0.3, 0.4) is 0 Å². The monoisotopic (exact) mass is 283 g/mol. The highest BCUT2D eigenvalue weighted by atomic mass is 16.1. The second-order valence-corrected chi connectivity index (χ2v) is 5.56. The number of nitrogens with zero attached hydrogens (tertiary/aromatic N) is 1. The SMILES string of the molecule is Cc1ccc(NC(=O)c2cncc(NCC(C)C)c2)cc1. The number of anilines is 2. The Kier molecular flexibility index (Phi) is 4.93. The van der Waals surface area contributed by atoms with Crippen LogP contribution >= 0.6 is 0 Å². The molecule has 0 unspecified atom stereocenters. The van der Waals surface area contributed by atoms with Crippen molar-refractivity contribution in [3.8, 4) is 0 Å². The molecule has 0 atom stereocenters. The Bertz CT molecular complexity index is 606. The molecule has 1 amide bonds. The molecular formula is C17H21N3O. The highest BCUT2D eigenvalue weighted by Crippen LogP contribution is 2.13. The smallest absolute Gasteiger partial charge is 0.257 e. The lowest BCUT2D eigenvalue weighted by atomic mass is 10.2. The van der Waals surface area contributed by atoms with Gasteiger partial charge in [0.05, 0.1) is 11.3 Å². The summed E-state index contributed by atoms with van der Waals surface area (Å²) in [4.78, 5) is 16.3. The summed E-state index contributed by atoms with van der Waals surface area (Å²) in [6.07, 6.45) is 3.30. The first-order chi connectivity index (χ1) is 10.0. The van der Waals surface area contributed by atoms with Crippen molar-refractivity contribution in [2.75, 3.05) is 17.2 Å². The van der Waals surface area contributed by atoms with Gasteiger partial charge in [-0.25, -0.2) is 0 Å². The minimum absolute atomic E-state index is 0.153. The summed E-state index contributed by atoms with van der Waals surface area (Å²) in [7, 11) is 0. The lowest BCUT2D eigenvalue weighted by Crippen LogP contribution is -2.13. The normalized spacial score (nSPS) is 10.5. The molecular weight excluding hydrogens is 262 g/mol. The number of rotatable bonds is 5. The molecule has 1 heterocycles. The molecule has 0 bridgehead atoms. The van der Waals surface area contributed by atoms with Crippen molar-refractivity contribution in [2.45, 2.75) is 20.8 Å². The lowest BCUT2D eigenvalue weighted by Gasteiger charge is -2.10. The van der Waals surface area contributed by atoms with Crippen LogP contribution in [-0.2, 0) is 0 Å². The summed E-state index contributed by atoms with van der Waals surface area (Å²) in [5.74, 6) is 0.384. The van der Waals surface area contributed by atoms with E-state index in [1.165, 1.54) is 0 Å². The summed E-state index contributed by atoms with van der Waals surface area (Å²) in [5, 5.41) is 6.14. The highest BCUT2D eigenvalue weighted by molar-refractivity contribution is 6.04. The van der Waals surface area contributed by atoms with Gasteiger partial charge < -0.3 is 10.6 Å². The van der Waals surface area contributed by atoms with E-state index in [0.29, 0.717) is 11.5 Å². The third kappa shape index (κ3) is 4.60. The zero-order valence-electron chi connectivity index (χ0n) is 12.7. The summed E-state index contributed by atoms with van der Waals surface area (Å²) < 4.78 is 0. The summed E-state index contributed by atoms with van der Waals surface area (Å²) >= 11 is 0. The Morgan fingerprint density at radius 3 is 2.52 bits per heavy atom. The lowest BCUT2D eigenvalue weighted by molar-refractivity contribution is 0.102. The molecule has 2 N–H and O–H groups in total. The van der Waals surface area contributed by atoms with E-state index in [1.807, 2.05) is 37.3 Å². The maximum Gasteiger partial charge on any atom is 0.257 e. The number of nitrogens with one attached hydrogen (secondary N) is 2. The second kappa shape index (κ2) is 6.88. The Morgan fingerprint density at radius 1 is 1.14 bits per heavy atom. The fourth-order valence-corrected chi connectivity index (χ4v) is 1.82. The average Bonchev–Trinajstić information content (AvgIpc) is 2.48. The first kappa shape index (κ1) is 15.0. The van der Waals surface area contributed by atoms with Gasteiger partial charge in [0.15, 0.2) is 0 Å². The number of aryl methyl sites for hydroxylation is 1. The maximum absolute atomic E-state index is 12.2. The Labute approximate surface area is 125 Å². The number of aromatic nitrogens is 1. The Hall–Kier alpha value is -2.36. The van der Waals surface area contributed by atoms with Crippen LogP contribution in [0.15, 0.2) is 42.7 Å². The summed E-state index contributed by atoms with van der Waals surface area (Å²) in [6, 6.07) is 9.53. The van der Waals surface area contributed by atoms with Crippen LogP contribution in [0.2, 0.25) is 0 Å². The van der Waals surface area contributed by atoms with Crippen molar-refractivity contribution in [3.63, 3.8) is 0 Å². The summed E-state index contributed by atoms with van der Waals surface area (Å²) in [6.45, 7) is 7.13. The fraction of sp³-hybridized carbons (Fsp3) is 0.294. The standard InChI is InChI=1S/C17H21N3O/c1-12(2)9-19-16-8-14(10-18-11-16)17(21)20-15-6-4-13(3)5-7-15/h4-8,10-12,19H,9H2,1-3H3,(H,20,21). The molecule has 0 aliphatic carbocycles. The van der Waals surface area contributed by atoms with Gasteiger partial charge >= 0.3 is 0 Å². The van der Waals surface area contributed by atoms with Crippen LogP contribution in [0.1, 0.15) is 29.8 Å². The number of carbonyl (C=O) groups excluding carboxylic acids is 1. The molecule has 2 rings (SSSR count). The second-order valence-electron chi connectivity index (χ2n) is 5.56. The van der Waals surface area contributed by atoms with E-state index in [0.717, 1.165) is 23.5 Å². The number of amides is 1. The molecule has 0 saturated carbocycles. The van der Waals surface area contributed by atoms with Gasteiger partial charge in [-0.1, -0.05) is 31.5 Å². The topological polar surface area (TPSA) is 54.0 Å². The Morgan fingerprint density at radius 2 is 1.86 bits per heavy atom. The van der Waals surface area contributed by atoms with Crippen molar-refractivity contribution in [1.29, 1.82) is 0 Å². The molecule has 0 radical (unpaired) electrons. The van der Waals surface area contributed by atoms with Crippen LogP contribution in [0.4, 0.5) is 11.4 Å². The van der Waals surface area contributed by atoms with Crippen LogP contribution in [0.5, 0.6) is 0 Å². The molecule has 1 aromatic carbocycles. The molecule has 4 heteroatoms. The van der Waals surface area contributed by atoms with Crippen LogP contribution in [0.25, 0.3) is 0 Å². The number of hydrogen-bond acceptors (Lipinski definition) is 3. The predicted molar refractivity (Wildman–Crippen MR) is 86.7 cm³/mol. The van der Waals surface area contributed by atoms with Crippen LogP contribution in [0, 0.1) is 12.8 Å². The number of hydrogen-bond donors (Lipinski definition) is 2. The molecule has 0 aliphatic rings. The van der Waals surface area contributed by atoms with Gasteiger partial charge in [0.1, 0.15) is 0 Å². The number of pyridine rings is 1. The van der Waals surface area contributed by atoms with Gasteiger partial charge in [-0.3, -0.25) is 9.78 Å². The predicted octanol–water partition coefficient (Wildman–Crippen LogP) is 3.71. The minimum Gasteiger partial charge on any atom is -0.384 e. The minimum atomic E-state index is -0.153. The van der Waals surface area contributed by atoms with Gasteiger partial charge in [0.2, 0.25) is 0 Å². The van der Waals surface area contributed by atoms with Crippen LogP contribution in [-0.4, -0.2) is 17.4 Å². The molecule has 4 nitrogen and oxygen atoms in total. The van der Waals surface area contributed by atoms with Gasteiger partial charge in [-0.05, 0) is 31.0 Å². The largest absolute Gasteiger partial charge is 0.384 e. The fourth-order valence-electron chi connectivity index (χ4n) is 1.82. The third-order valence-electron chi connectivity index (χ3n) is 3.02. The van der Waals surface area contributed by atoms with E-state index >= 15 is 0 Å². The Balaban J connectivity index is 2.05. The molecule has 0 aliphatic heterocycles. The first-order valence-electron chi connectivity index (χ1n) is 7.11. The molecule has 21 heavy (non-hydrogen) atoms. The van der Waals surface area contributed by atoms with E-state index in [1.54, 1.807) is 12.4 Å². The zero-order chi connectivity index (χ0) is 15.2. The number of benzene rings is 1. The van der Waals surface area contributed by atoms with Crippen molar-refractivity contribution in [2.24, 2.45) is 5.92 Å². The van der Waals surface area contributed by atoms with Crippen molar-refractivity contribution in [3.05, 3.63) is 53.9 Å². The maximum atomic E-state index is 12.2. The van der Waals surface area contributed by atoms with Crippen LogP contribution < -0.4 is 10.6 Å². The molecule has 110 valence electrons. The van der Waals surface area contributed by atoms with Gasteiger partial charge in [0, 0.05) is 24.6 Å². The van der Waals surface area contributed by atoms with E-state index in [-0.39, 0.29) is 5.91 Å². The zero-order valence-corrected chi connectivity index (χ0v) is 12.7. The molecule has 0 spiro atoms. The number of carbonyl (C=O) groups is 1. The molecule has 2 aromatic rings. The van der Waals surface area contributed by atoms with Gasteiger partial charge in [-0.2, -0.15) is 0 Å². The van der Waals surface area contributed by atoms with Crippen molar-refractivity contribution in [1.82, 2.24) is 4.98 Å². The van der Waals surface area contributed by atoms with E-state index < -0.39 is 0 Å². The highest BCUT2D eigenvalue weighted by Gasteiger charge is 2.07. The molecule has 0 fully saturated rings. The quantitative estimate of drug-likeness (QED) is 0.879.